The Balaban J connectivity index is 4.08. The molecule has 0 aliphatic carbocycles. The van der Waals surface area contributed by atoms with E-state index in [9.17, 15) is 9.59 Å². The molecule has 2 N–H and O–H groups in total. The highest BCUT2D eigenvalue weighted by atomic mass is 35.5. The Morgan fingerprint density at radius 3 is 1.83 bits per heavy atom. The number of carbonyl (C=O) groups is 2. The van der Waals surface area contributed by atoms with Gasteiger partial charge in [0.25, 0.3) is 0 Å². The number of alkyl halides is 2. The van der Waals surface area contributed by atoms with Gasteiger partial charge in [-0.05, 0) is 0 Å². The van der Waals surface area contributed by atoms with E-state index in [-0.39, 0.29) is 24.8 Å². The van der Waals surface area contributed by atoms with Crippen molar-refractivity contribution in [3.05, 3.63) is 0 Å². The second kappa shape index (κ2) is 6.08. The Labute approximate surface area is 80.6 Å². The van der Waals surface area contributed by atoms with E-state index >= 15 is 0 Å². The summed E-state index contributed by atoms with van der Waals surface area (Å²) in [6, 6.07) is 0. The van der Waals surface area contributed by atoms with E-state index in [4.69, 9.17) is 28.9 Å². The summed E-state index contributed by atoms with van der Waals surface area (Å²) in [6.45, 7) is 0.575. The molecular weight excluding hydrogens is 203 g/mol. The van der Waals surface area contributed by atoms with Crippen LogP contribution in [0.15, 0.2) is 0 Å². The smallest absolute Gasteiger partial charge is 0.311 e. The highest BCUT2D eigenvalue weighted by Crippen LogP contribution is 1.92. The van der Waals surface area contributed by atoms with Crippen molar-refractivity contribution in [1.82, 2.24) is 4.90 Å². The predicted molar refractivity (Wildman–Crippen MR) is 47.2 cm³/mol. The van der Waals surface area contributed by atoms with Gasteiger partial charge in [-0.1, -0.05) is 0 Å². The zero-order valence-electron chi connectivity index (χ0n) is 6.43. The van der Waals surface area contributed by atoms with Crippen LogP contribution in [0.1, 0.15) is 0 Å². The van der Waals surface area contributed by atoms with E-state index in [1.54, 1.807) is 0 Å². The number of carbonyl (C=O) groups excluding carboxylic acids is 2. The topological polar surface area (TPSA) is 63.4 Å². The van der Waals surface area contributed by atoms with Crippen molar-refractivity contribution in [3.8, 4) is 0 Å². The monoisotopic (exact) mass is 212 g/mol. The van der Waals surface area contributed by atoms with Crippen molar-refractivity contribution < 1.29 is 9.59 Å². The lowest BCUT2D eigenvalue weighted by Crippen LogP contribution is -2.42. The maximum absolute atomic E-state index is 11.0. The number of primary amides is 1. The van der Waals surface area contributed by atoms with Crippen molar-refractivity contribution in [2.24, 2.45) is 5.73 Å². The standard InChI is InChI=1S/C6H10Cl2N2O2/c7-1-3-10(4-2-8)6(12)5(9)11/h1-4H2,(H2,9,11). The summed E-state index contributed by atoms with van der Waals surface area (Å²) < 4.78 is 0. The molecule has 0 aliphatic heterocycles. The van der Waals surface area contributed by atoms with Crippen LogP contribution in [0.5, 0.6) is 0 Å². The van der Waals surface area contributed by atoms with Gasteiger partial charge < -0.3 is 10.6 Å². The van der Waals surface area contributed by atoms with Gasteiger partial charge in [0.05, 0.1) is 0 Å². The quantitative estimate of drug-likeness (QED) is 0.518. The maximum Gasteiger partial charge on any atom is 0.311 e. The largest absolute Gasteiger partial charge is 0.361 e. The molecule has 0 unspecified atom stereocenters. The average molecular weight is 213 g/mol. The zero-order chi connectivity index (χ0) is 9.56. The maximum atomic E-state index is 11.0. The number of nitrogens with zero attached hydrogens (tertiary/aromatic N) is 1. The van der Waals surface area contributed by atoms with Crippen LogP contribution in [-0.2, 0) is 9.59 Å². The van der Waals surface area contributed by atoms with Crippen LogP contribution in [-0.4, -0.2) is 41.6 Å². The molecule has 2 amide bonds. The summed E-state index contributed by atoms with van der Waals surface area (Å²) in [5.41, 5.74) is 4.78. The van der Waals surface area contributed by atoms with Gasteiger partial charge in [-0.2, -0.15) is 0 Å². The molecule has 0 saturated heterocycles. The first-order chi connectivity index (χ1) is 5.63. The molecule has 4 nitrogen and oxygen atoms in total. The van der Waals surface area contributed by atoms with Gasteiger partial charge in [0, 0.05) is 24.8 Å². The molecule has 0 aromatic rings. The molecule has 0 bridgehead atoms. The Morgan fingerprint density at radius 2 is 1.58 bits per heavy atom. The van der Waals surface area contributed by atoms with E-state index in [1.165, 1.54) is 4.90 Å². The van der Waals surface area contributed by atoms with Crippen molar-refractivity contribution in [2.75, 3.05) is 24.8 Å². The van der Waals surface area contributed by atoms with Crippen LogP contribution in [0.4, 0.5) is 0 Å². The Bertz CT molecular complexity index is 169. The highest BCUT2D eigenvalue weighted by Gasteiger charge is 2.17. The molecule has 0 aromatic heterocycles. The minimum absolute atomic E-state index is 0.260. The van der Waals surface area contributed by atoms with Gasteiger partial charge >= 0.3 is 11.8 Å². The highest BCUT2D eigenvalue weighted by molar-refractivity contribution is 6.34. The first-order valence-corrected chi connectivity index (χ1v) is 4.41. The first-order valence-electron chi connectivity index (χ1n) is 3.34. The molecule has 0 radical (unpaired) electrons. The Hall–Kier alpha value is -0.480. The van der Waals surface area contributed by atoms with Crippen molar-refractivity contribution >= 4 is 35.0 Å². The molecule has 0 spiro atoms. The van der Waals surface area contributed by atoms with Crippen LogP contribution < -0.4 is 5.73 Å². The summed E-state index contributed by atoms with van der Waals surface area (Å²) in [6.07, 6.45) is 0. The number of hydrogen-bond donors (Lipinski definition) is 1. The number of amides is 2. The van der Waals surface area contributed by atoms with Gasteiger partial charge in [-0.3, -0.25) is 9.59 Å². The van der Waals surface area contributed by atoms with E-state index < -0.39 is 11.8 Å². The molecule has 0 aliphatic rings. The normalized spacial score (nSPS) is 9.50. The first kappa shape index (κ1) is 11.5. The summed E-state index contributed by atoms with van der Waals surface area (Å²) >= 11 is 10.8. The summed E-state index contributed by atoms with van der Waals surface area (Å²) in [7, 11) is 0. The van der Waals surface area contributed by atoms with Crippen molar-refractivity contribution in [1.29, 1.82) is 0 Å². The van der Waals surface area contributed by atoms with Crippen LogP contribution in [0.3, 0.4) is 0 Å². The number of hydrogen-bond acceptors (Lipinski definition) is 2. The lowest BCUT2D eigenvalue weighted by Gasteiger charge is -2.17. The minimum atomic E-state index is -0.981. The van der Waals surface area contributed by atoms with E-state index in [2.05, 4.69) is 0 Å². The van der Waals surface area contributed by atoms with Gasteiger partial charge in [0.2, 0.25) is 0 Å². The number of halogens is 2. The Kier molecular flexibility index (Phi) is 5.84. The average Bonchev–Trinajstić information content (AvgIpc) is 2.03. The van der Waals surface area contributed by atoms with Gasteiger partial charge in [-0.25, -0.2) is 0 Å². The van der Waals surface area contributed by atoms with E-state index in [0.717, 1.165) is 0 Å². The molecular formula is C6H10Cl2N2O2. The fraction of sp³-hybridized carbons (Fsp3) is 0.667. The van der Waals surface area contributed by atoms with Gasteiger partial charge in [-0.15, -0.1) is 23.2 Å². The van der Waals surface area contributed by atoms with E-state index in [1.807, 2.05) is 0 Å². The van der Waals surface area contributed by atoms with Gasteiger partial charge in [0.15, 0.2) is 0 Å². The lowest BCUT2D eigenvalue weighted by atomic mass is 10.4. The number of rotatable bonds is 4. The van der Waals surface area contributed by atoms with Gasteiger partial charge in [0.1, 0.15) is 0 Å². The van der Waals surface area contributed by atoms with E-state index in [0.29, 0.717) is 0 Å². The van der Waals surface area contributed by atoms with Crippen LogP contribution in [0, 0.1) is 0 Å². The fourth-order valence-corrected chi connectivity index (χ4v) is 1.08. The zero-order valence-corrected chi connectivity index (χ0v) is 7.94. The van der Waals surface area contributed by atoms with Crippen molar-refractivity contribution in [2.45, 2.75) is 0 Å². The fourth-order valence-electron chi connectivity index (χ4n) is 0.675. The molecule has 0 atom stereocenters. The Morgan fingerprint density at radius 1 is 1.17 bits per heavy atom. The third kappa shape index (κ3) is 3.78. The molecule has 6 heteroatoms. The molecule has 12 heavy (non-hydrogen) atoms. The van der Waals surface area contributed by atoms with Crippen LogP contribution in [0.2, 0.25) is 0 Å². The number of nitrogens with two attached hydrogens (primary N) is 1. The second-order valence-corrected chi connectivity index (χ2v) is 2.79. The van der Waals surface area contributed by atoms with Crippen molar-refractivity contribution in [3.63, 3.8) is 0 Å². The molecule has 0 fully saturated rings. The summed E-state index contributed by atoms with van der Waals surface area (Å²) in [5, 5.41) is 0. The van der Waals surface area contributed by atoms with Crippen LogP contribution in [0.25, 0.3) is 0 Å². The molecule has 0 saturated carbocycles. The molecule has 0 aromatic carbocycles. The second-order valence-electron chi connectivity index (χ2n) is 2.03. The predicted octanol–water partition coefficient (Wildman–Crippen LogP) is -0.222. The molecule has 70 valence electrons. The van der Waals surface area contributed by atoms with Crippen LogP contribution >= 0.6 is 23.2 Å². The SMILES string of the molecule is NC(=O)C(=O)N(CCCl)CCCl. The summed E-state index contributed by atoms with van der Waals surface area (Å²) in [5.74, 6) is -1.20. The third-order valence-electron chi connectivity index (χ3n) is 1.21. The lowest BCUT2D eigenvalue weighted by molar-refractivity contribution is -0.143. The molecule has 0 heterocycles. The molecule has 0 rings (SSSR count). The third-order valence-corrected chi connectivity index (χ3v) is 1.54. The summed E-state index contributed by atoms with van der Waals surface area (Å²) in [4.78, 5) is 22.6. The minimum Gasteiger partial charge on any atom is -0.361 e.